The van der Waals surface area contributed by atoms with Gasteiger partial charge in [-0.2, -0.15) is 20.8 Å². The molecule has 0 unspecified atom stereocenters. The van der Waals surface area contributed by atoms with Gasteiger partial charge < -0.3 is 10.2 Å². The topological polar surface area (TPSA) is 184 Å². The van der Waals surface area contributed by atoms with Gasteiger partial charge in [0.25, 0.3) is 0 Å². The number of nitrogens with zero attached hydrogens (tertiary/aromatic N) is 5. The lowest BCUT2D eigenvalue weighted by Gasteiger charge is -2.11. The zero-order valence-corrected chi connectivity index (χ0v) is 27.0. The summed E-state index contributed by atoms with van der Waals surface area (Å²) in [7, 11) is 0. The average molecular weight is 729 g/mol. The van der Waals surface area contributed by atoms with Crippen LogP contribution < -0.4 is 0 Å². The summed E-state index contributed by atoms with van der Waals surface area (Å²) in [4.78, 5) is 41.5. The molecule has 0 bridgehead atoms. The van der Waals surface area contributed by atoms with E-state index >= 15 is 0 Å². The number of carbonyl (C=O) groups is 4. The van der Waals surface area contributed by atoms with E-state index in [9.17, 15) is 28.0 Å². The van der Waals surface area contributed by atoms with E-state index in [-0.39, 0.29) is 22.9 Å². The molecule has 2 aromatic carbocycles. The molecule has 0 aliphatic carbocycles. The van der Waals surface area contributed by atoms with E-state index in [0.29, 0.717) is 23.7 Å². The lowest BCUT2D eigenvalue weighted by molar-refractivity contribution is -0.131. The molecule has 2 aromatic rings. The summed E-state index contributed by atoms with van der Waals surface area (Å²) < 4.78 is 26.6. The molecular formula is C28H29Br2F2N5O6. The molecule has 15 heteroatoms. The summed E-state index contributed by atoms with van der Waals surface area (Å²) in [5, 5.41) is 42.1. The fourth-order valence-corrected chi connectivity index (χ4v) is 3.16. The summed E-state index contributed by atoms with van der Waals surface area (Å²) in [5.74, 6) is -4.14. The minimum Gasteiger partial charge on any atom is -0.478 e. The molecule has 1 aliphatic rings. The second-order valence-corrected chi connectivity index (χ2v) is 10.9. The van der Waals surface area contributed by atoms with Gasteiger partial charge in [0.2, 0.25) is 11.8 Å². The maximum atomic E-state index is 12.9. The van der Waals surface area contributed by atoms with Gasteiger partial charge in [-0.3, -0.25) is 9.59 Å². The first kappa shape index (κ1) is 38.9. The Labute approximate surface area is 264 Å². The summed E-state index contributed by atoms with van der Waals surface area (Å²) in [6.45, 7) is 8.27. The Kier molecular flexibility index (Phi) is 16.1. The standard InChI is InChI=1S/C8H6BrFO2.C8H7FO2.C8H12N4.C4H4BrNO2/c9-4-5-1-2-6(8(11)12)7(10)3-5;1-5-2-3-6(8(10)11)7(9)4-5;1-7(2,5-9)11-12-8(3,4)6-10;5-6-3(7)1-2-4(6)8/h1-3H,4H2,(H,11,12);2-4H,1H3,(H,10,11);1-4H3;1-2H2. The minimum absolute atomic E-state index is 0.144. The van der Waals surface area contributed by atoms with Crippen molar-refractivity contribution in [1.82, 2.24) is 3.93 Å². The molecular weight excluding hydrogens is 700 g/mol. The van der Waals surface area contributed by atoms with Gasteiger partial charge in [0.05, 0.1) is 39.4 Å². The van der Waals surface area contributed by atoms with Gasteiger partial charge in [0, 0.05) is 18.2 Å². The molecule has 0 spiro atoms. The number of azo groups is 1. The van der Waals surface area contributed by atoms with Gasteiger partial charge in [0.15, 0.2) is 11.1 Å². The maximum Gasteiger partial charge on any atom is 0.338 e. The summed E-state index contributed by atoms with van der Waals surface area (Å²) in [6.07, 6.45) is 0.703. The molecule has 0 saturated carbocycles. The molecule has 230 valence electrons. The number of amides is 2. The highest BCUT2D eigenvalue weighted by atomic mass is 79.9. The second kappa shape index (κ2) is 17.8. The molecule has 11 nitrogen and oxygen atoms in total. The highest BCUT2D eigenvalue weighted by Gasteiger charge is 2.26. The van der Waals surface area contributed by atoms with Crippen LogP contribution in [0.1, 0.15) is 72.4 Å². The molecule has 2 amide bonds. The first-order valence-corrected chi connectivity index (χ1v) is 14.0. The van der Waals surface area contributed by atoms with E-state index in [1.54, 1.807) is 46.8 Å². The molecule has 3 rings (SSSR count). The van der Waals surface area contributed by atoms with Crippen LogP contribution in [0.4, 0.5) is 8.78 Å². The van der Waals surface area contributed by atoms with Crippen LogP contribution in [0, 0.1) is 41.2 Å². The number of carbonyl (C=O) groups excluding carboxylic acids is 2. The smallest absolute Gasteiger partial charge is 0.338 e. The van der Waals surface area contributed by atoms with E-state index in [0.717, 1.165) is 9.49 Å². The molecule has 1 aliphatic heterocycles. The van der Waals surface area contributed by atoms with Crippen molar-refractivity contribution in [1.29, 1.82) is 10.5 Å². The molecule has 1 heterocycles. The van der Waals surface area contributed by atoms with Crippen molar-refractivity contribution in [2.45, 2.75) is 63.9 Å². The van der Waals surface area contributed by atoms with Gasteiger partial charge in [-0.15, -0.1) is 0 Å². The minimum atomic E-state index is -1.24. The third-order valence-electron chi connectivity index (χ3n) is 4.86. The SMILES string of the molecule is CC(C)(C#N)N=NC(C)(C)C#N.Cc1ccc(C(=O)O)c(F)c1.O=C(O)c1ccc(CBr)cc1F.O=C1CCC(=O)N1Br. The predicted octanol–water partition coefficient (Wildman–Crippen LogP) is 6.74. The monoisotopic (exact) mass is 727 g/mol. The Morgan fingerprint density at radius 3 is 1.56 bits per heavy atom. The van der Waals surface area contributed by atoms with Crippen molar-refractivity contribution in [3.05, 3.63) is 70.3 Å². The third-order valence-corrected chi connectivity index (χ3v) is 6.30. The van der Waals surface area contributed by atoms with E-state index in [2.05, 4.69) is 42.3 Å². The molecule has 2 N–H and O–H groups in total. The number of nitriles is 2. The van der Waals surface area contributed by atoms with Crippen molar-refractivity contribution in [2.75, 3.05) is 0 Å². The molecule has 0 aromatic heterocycles. The summed E-state index contributed by atoms with van der Waals surface area (Å²) >= 11 is 5.94. The third kappa shape index (κ3) is 14.6. The zero-order valence-electron chi connectivity index (χ0n) is 23.9. The largest absolute Gasteiger partial charge is 0.478 e. The Bertz CT molecular complexity index is 1410. The first-order valence-electron chi connectivity index (χ1n) is 12.2. The van der Waals surface area contributed by atoms with Crippen LogP contribution in [-0.4, -0.2) is 49.0 Å². The fraction of sp³-hybridized carbons (Fsp3) is 0.357. The number of hydrogen-bond acceptors (Lipinski definition) is 8. The number of aromatic carboxylic acids is 2. The van der Waals surface area contributed by atoms with E-state index in [4.69, 9.17) is 20.7 Å². The van der Waals surface area contributed by atoms with Crippen LogP contribution in [0.5, 0.6) is 0 Å². The van der Waals surface area contributed by atoms with Crippen LogP contribution in [-0.2, 0) is 14.9 Å². The molecule has 0 atom stereocenters. The van der Waals surface area contributed by atoms with E-state index in [1.807, 2.05) is 12.1 Å². The van der Waals surface area contributed by atoms with Crippen molar-refractivity contribution in [3.8, 4) is 12.1 Å². The number of carboxylic acids is 2. The van der Waals surface area contributed by atoms with E-state index in [1.165, 1.54) is 24.3 Å². The Morgan fingerprint density at radius 1 is 0.884 bits per heavy atom. The van der Waals surface area contributed by atoms with Gasteiger partial charge in [-0.05, 0) is 70.0 Å². The lowest BCUT2D eigenvalue weighted by atomic mass is 10.1. The maximum absolute atomic E-state index is 12.9. The number of imide groups is 1. The normalized spacial score (nSPS) is 12.5. The Morgan fingerprint density at radius 2 is 1.28 bits per heavy atom. The number of carboxylic acid groups (broad SMARTS) is 2. The molecule has 43 heavy (non-hydrogen) atoms. The van der Waals surface area contributed by atoms with Gasteiger partial charge in [0.1, 0.15) is 11.6 Å². The van der Waals surface area contributed by atoms with Crippen LogP contribution in [0.2, 0.25) is 0 Å². The van der Waals surface area contributed by atoms with Crippen molar-refractivity contribution >= 4 is 55.8 Å². The van der Waals surface area contributed by atoms with Crippen molar-refractivity contribution < 1.29 is 38.2 Å². The number of halogens is 4. The molecule has 1 saturated heterocycles. The van der Waals surface area contributed by atoms with Crippen LogP contribution in [0.25, 0.3) is 0 Å². The van der Waals surface area contributed by atoms with Crippen LogP contribution in [0.15, 0.2) is 46.6 Å². The summed E-state index contributed by atoms with van der Waals surface area (Å²) in [6, 6.07) is 12.0. The Hall–Kier alpha value is -4.08. The predicted molar refractivity (Wildman–Crippen MR) is 158 cm³/mol. The quantitative estimate of drug-likeness (QED) is 0.147. The number of aryl methyl sites for hydroxylation is 1. The fourth-order valence-electron chi connectivity index (χ4n) is 2.45. The van der Waals surface area contributed by atoms with E-state index < -0.39 is 34.7 Å². The second-order valence-electron chi connectivity index (χ2n) is 9.65. The van der Waals surface area contributed by atoms with Crippen molar-refractivity contribution in [3.63, 3.8) is 0 Å². The number of alkyl halides is 1. The number of rotatable bonds is 5. The number of benzene rings is 2. The zero-order chi connectivity index (χ0) is 33.5. The highest BCUT2D eigenvalue weighted by molar-refractivity contribution is 9.08. The average Bonchev–Trinajstić information content (AvgIpc) is 3.23. The first-order chi connectivity index (χ1) is 19.8. The summed E-state index contributed by atoms with van der Waals surface area (Å²) in [5.41, 5.74) is -0.817. The van der Waals surface area contributed by atoms with Gasteiger partial charge in [-0.25, -0.2) is 22.3 Å². The molecule has 0 radical (unpaired) electrons. The van der Waals surface area contributed by atoms with Crippen molar-refractivity contribution in [2.24, 2.45) is 10.2 Å². The highest BCUT2D eigenvalue weighted by Crippen LogP contribution is 2.15. The van der Waals surface area contributed by atoms with Crippen LogP contribution in [0.3, 0.4) is 0 Å². The molecule has 1 fully saturated rings. The lowest BCUT2D eigenvalue weighted by Crippen LogP contribution is -2.17. The number of hydrogen-bond donors (Lipinski definition) is 2. The van der Waals surface area contributed by atoms with Gasteiger partial charge in [-0.1, -0.05) is 28.1 Å². The van der Waals surface area contributed by atoms with Crippen LogP contribution >= 0.6 is 32.1 Å². The van der Waals surface area contributed by atoms with Gasteiger partial charge >= 0.3 is 11.9 Å². The Balaban J connectivity index is 0.000000552.